The number of amides is 2. The number of aliphatic imine (C=N–C) groups is 1. The van der Waals surface area contributed by atoms with Crippen LogP contribution in [0.3, 0.4) is 0 Å². The molecule has 0 radical (unpaired) electrons. The van der Waals surface area contributed by atoms with Gasteiger partial charge in [-0.2, -0.15) is 0 Å². The molecule has 0 spiro atoms. The van der Waals surface area contributed by atoms with E-state index in [4.69, 9.17) is 9.47 Å². The van der Waals surface area contributed by atoms with Gasteiger partial charge in [0.25, 0.3) is 0 Å². The first-order valence-electron chi connectivity index (χ1n) is 13.0. The molecule has 0 saturated carbocycles. The van der Waals surface area contributed by atoms with Crippen molar-refractivity contribution in [2.75, 3.05) is 18.5 Å². The van der Waals surface area contributed by atoms with Crippen LogP contribution in [0.25, 0.3) is 0 Å². The summed E-state index contributed by atoms with van der Waals surface area (Å²) in [5.74, 6) is -0.716. The minimum atomic E-state index is -0.717. The van der Waals surface area contributed by atoms with Gasteiger partial charge in [0.15, 0.2) is 5.17 Å². The third kappa shape index (κ3) is 7.69. The van der Waals surface area contributed by atoms with Crippen LogP contribution in [-0.2, 0) is 20.9 Å². The van der Waals surface area contributed by atoms with Crippen LogP contribution >= 0.6 is 11.8 Å². The van der Waals surface area contributed by atoms with E-state index in [1.807, 2.05) is 6.92 Å². The molecule has 10 heteroatoms. The summed E-state index contributed by atoms with van der Waals surface area (Å²) >= 11 is 1.17. The molecule has 0 bridgehead atoms. The lowest BCUT2D eigenvalue weighted by molar-refractivity contribution is -0.129. The Balaban J connectivity index is 1.54. The molecule has 1 atom stereocenters. The van der Waals surface area contributed by atoms with Gasteiger partial charge >= 0.3 is 5.97 Å². The quantitative estimate of drug-likeness (QED) is 0.306. The van der Waals surface area contributed by atoms with E-state index in [0.29, 0.717) is 40.0 Å². The van der Waals surface area contributed by atoms with Crippen LogP contribution in [0.2, 0.25) is 0 Å². The van der Waals surface area contributed by atoms with Crippen molar-refractivity contribution in [3.63, 3.8) is 0 Å². The maximum atomic E-state index is 13.4. The molecule has 1 aliphatic rings. The number of halogens is 1. The van der Waals surface area contributed by atoms with Gasteiger partial charge in [-0.05, 0) is 79.6 Å². The average molecular weight is 564 g/mol. The van der Waals surface area contributed by atoms with Crippen LogP contribution in [0.1, 0.15) is 42.6 Å². The second kappa shape index (κ2) is 13.7. The summed E-state index contributed by atoms with van der Waals surface area (Å²) in [7, 11) is 0. The first-order valence-corrected chi connectivity index (χ1v) is 13.8. The van der Waals surface area contributed by atoms with Gasteiger partial charge in [-0.1, -0.05) is 30.8 Å². The van der Waals surface area contributed by atoms with Gasteiger partial charge in [-0.15, -0.1) is 0 Å². The molecular weight excluding hydrogens is 533 g/mol. The molecule has 2 amide bonds. The van der Waals surface area contributed by atoms with Crippen LogP contribution < -0.4 is 10.1 Å². The zero-order chi connectivity index (χ0) is 28.5. The molecule has 3 aromatic rings. The van der Waals surface area contributed by atoms with Crippen molar-refractivity contribution in [2.45, 2.75) is 38.5 Å². The maximum absolute atomic E-state index is 13.4. The van der Waals surface area contributed by atoms with E-state index in [9.17, 15) is 18.8 Å². The Kier molecular flexibility index (Phi) is 9.91. The van der Waals surface area contributed by atoms with Gasteiger partial charge in [0.2, 0.25) is 11.8 Å². The number of esters is 1. The van der Waals surface area contributed by atoms with E-state index in [2.05, 4.69) is 10.3 Å². The van der Waals surface area contributed by atoms with E-state index >= 15 is 0 Å². The highest BCUT2D eigenvalue weighted by Crippen LogP contribution is 2.31. The molecule has 1 saturated heterocycles. The molecule has 1 heterocycles. The molecule has 1 N–H and O–H groups in total. The molecular formula is C30H30FN3O5S. The molecule has 8 nitrogen and oxygen atoms in total. The minimum Gasteiger partial charge on any atom is -0.494 e. The number of nitrogens with one attached hydrogen (secondary N) is 1. The van der Waals surface area contributed by atoms with E-state index in [0.717, 1.165) is 6.42 Å². The Hall–Kier alpha value is -4.18. The van der Waals surface area contributed by atoms with Crippen LogP contribution in [0.15, 0.2) is 77.8 Å². The lowest BCUT2D eigenvalue weighted by atomic mass is 10.2. The molecule has 208 valence electrons. The third-order valence-corrected chi connectivity index (χ3v) is 7.07. The van der Waals surface area contributed by atoms with Gasteiger partial charge < -0.3 is 14.8 Å². The Morgan fingerprint density at radius 1 is 1.02 bits per heavy atom. The maximum Gasteiger partial charge on any atom is 0.338 e. The van der Waals surface area contributed by atoms with Crippen LogP contribution in [0.4, 0.5) is 15.8 Å². The Morgan fingerprint density at radius 3 is 2.38 bits per heavy atom. The standard InChI is InChI=1S/C30H30FN3O5S/c1-3-17-39-25-15-13-23(14-16-25)32-28(36)26-18-27(35)34(19-20-5-9-22(31)10-6-20)30(40-26)33-24-11-7-21(8-12-24)29(37)38-4-2/h5-16,26H,3-4,17-19H2,1-2H3,(H,32,36). The largest absolute Gasteiger partial charge is 0.494 e. The van der Waals surface area contributed by atoms with E-state index in [1.165, 1.54) is 28.8 Å². The summed E-state index contributed by atoms with van der Waals surface area (Å²) in [6.45, 7) is 4.79. The van der Waals surface area contributed by atoms with Gasteiger partial charge in [0.05, 0.1) is 31.0 Å². The monoisotopic (exact) mass is 563 g/mol. The van der Waals surface area contributed by atoms with Crippen molar-refractivity contribution >= 4 is 46.1 Å². The number of anilines is 1. The lowest BCUT2D eigenvalue weighted by Crippen LogP contribution is -2.44. The summed E-state index contributed by atoms with van der Waals surface area (Å²) in [6, 6.07) is 19.4. The fourth-order valence-corrected chi connectivity index (χ4v) is 4.94. The number of hydrogen-bond acceptors (Lipinski definition) is 7. The van der Waals surface area contributed by atoms with Crippen LogP contribution in [0.5, 0.6) is 5.75 Å². The van der Waals surface area contributed by atoms with Gasteiger partial charge in [-0.3, -0.25) is 14.5 Å². The summed E-state index contributed by atoms with van der Waals surface area (Å²) in [4.78, 5) is 44.6. The highest BCUT2D eigenvalue weighted by molar-refractivity contribution is 8.15. The Morgan fingerprint density at radius 2 is 1.73 bits per heavy atom. The van der Waals surface area contributed by atoms with E-state index in [1.54, 1.807) is 67.6 Å². The summed E-state index contributed by atoms with van der Waals surface area (Å²) in [6.07, 6.45) is 0.860. The number of nitrogens with zero attached hydrogens (tertiary/aromatic N) is 2. The lowest BCUT2D eigenvalue weighted by Gasteiger charge is -2.32. The fourth-order valence-electron chi connectivity index (χ4n) is 3.84. The van der Waals surface area contributed by atoms with Crippen molar-refractivity contribution in [2.24, 2.45) is 4.99 Å². The molecule has 1 aliphatic heterocycles. The van der Waals surface area contributed by atoms with Crippen molar-refractivity contribution in [1.82, 2.24) is 4.90 Å². The topological polar surface area (TPSA) is 97.3 Å². The van der Waals surface area contributed by atoms with Crippen LogP contribution in [-0.4, -0.2) is 46.3 Å². The van der Waals surface area contributed by atoms with Crippen LogP contribution in [0, 0.1) is 5.82 Å². The van der Waals surface area contributed by atoms with Gasteiger partial charge in [0.1, 0.15) is 16.8 Å². The number of benzene rings is 3. The molecule has 4 rings (SSSR count). The normalized spacial score (nSPS) is 16.1. The zero-order valence-corrected chi connectivity index (χ0v) is 23.1. The highest BCUT2D eigenvalue weighted by Gasteiger charge is 2.36. The number of thioether (sulfide) groups is 1. The summed E-state index contributed by atoms with van der Waals surface area (Å²) < 4.78 is 24.1. The molecule has 0 aliphatic carbocycles. The van der Waals surface area contributed by atoms with Crippen molar-refractivity contribution in [1.29, 1.82) is 0 Å². The van der Waals surface area contributed by atoms with E-state index < -0.39 is 11.2 Å². The zero-order valence-electron chi connectivity index (χ0n) is 22.3. The number of carbonyl (C=O) groups is 3. The Labute approximate surface area is 236 Å². The predicted molar refractivity (Wildman–Crippen MR) is 153 cm³/mol. The number of hydrogen-bond donors (Lipinski definition) is 1. The SMILES string of the molecule is CCCOc1ccc(NC(=O)C2CC(=O)N(Cc3ccc(F)cc3)C(=Nc3ccc(C(=O)OCC)cc3)S2)cc1. The number of amidine groups is 1. The number of rotatable bonds is 10. The molecule has 40 heavy (non-hydrogen) atoms. The smallest absolute Gasteiger partial charge is 0.338 e. The molecule has 3 aromatic carbocycles. The third-order valence-electron chi connectivity index (χ3n) is 5.88. The Bertz CT molecular complexity index is 1360. The average Bonchev–Trinajstić information content (AvgIpc) is 2.96. The highest BCUT2D eigenvalue weighted by atomic mass is 32.2. The van der Waals surface area contributed by atoms with Crippen molar-refractivity contribution < 1.29 is 28.2 Å². The van der Waals surface area contributed by atoms with Gasteiger partial charge in [0, 0.05) is 12.1 Å². The molecule has 1 unspecified atom stereocenters. The first kappa shape index (κ1) is 28.8. The molecule has 1 fully saturated rings. The number of ether oxygens (including phenoxy) is 2. The second-order valence-corrected chi connectivity index (χ2v) is 10.1. The number of carbonyl (C=O) groups excluding carboxylic acids is 3. The second-order valence-electron chi connectivity index (χ2n) is 8.94. The first-order chi connectivity index (χ1) is 19.4. The van der Waals surface area contributed by atoms with E-state index in [-0.39, 0.29) is 37.2 Å². The summed E-state index contributed by atoms with van der Waals surface area (Å²) in [5, 5.41) is 2.48. The predicted octanol–water partition coefficient (Wildman–Crippen LogP) is 5.95. The summed E-state index contributed by atoms with van der Waals surface area (Å²) in [5.41, 5.74) is 2.18. The van der Waals surface area contributed by atoms with Crippen molar-refractivity contribution in [3.05, 3.63) is 89.7 Å². The van der Waals surface area contributed by atoms with Crippen molar-refractivity contribution in [3.8, 4) is 5.75 Å². The minimum absolute atomic E-state index is 0.0315. The fraction of sp³-hybridized carbons (Fsp3) is 0.267. The molecule has 0 aromatic heterocycles. The van der Waals surface area contributed by atoms with Gasteiger partial charge in [-0.25, -0.2) is 14.2 Å².